The van der Waals surface area contributed by atoms with Crippen molar-refractivity contribution in [2.45, 2.75) is 75.9 Å². The number of aryl methyl sites for hydroxylation is 1. The van der Waals surface area contributed by atoms with Crippen molar-refractivity contribution >= 4 is 6.09 Å². The van der Waals surface area contributed by atoms with Gasteiger partial charge in [0.2, 0.25) is 0 Å². The lowest BCUT2D eigenvalue weighted by molar-refractivity contribution is -0.324. The second kappa shape index (κ2) is 6.14. The molecule has 0 aromatic carbocycles. The number of nitrogens with one attached hydrogen (secondary N) is 1. The second-order valence-corrected chi connectivity index (χ2v) is 8.35. The molecule has 26 heavy (non-hydrogen) atoms. The molecule has 0 radical (unpaired) electrons. The van der Waals surface area contributed by atoms with Gasteiger partial charge in [0, 0.05) is 6.20 Å². The van der Waals surface area contributed by atoms with E-state index in [1.165, 1.54) is 0 Å². The van der Waals surface area contributed by atoms with Crippen LogP contribution in [0.3, 0.4) is 0 Å². The van der Waals surface area contributed by atoms with E-state index < -0.39 is 18.1 Å². The summed E-state index contributed by atoms with van der Waals surface area (Å²) >= 11 is 0. The lowest BCUT2D eigenvalue weighted by Gasteiger charge is -2.69. The Morgan fingerprint density at radius 3 is 2.54 bits per heavy atom. The van der Waals surface area contributed by atoms with Crippen molar-refractivity contribution in [3.8, 4) is 0 Å². The summed E-state index contributed by atoms with van der Waals surface area (Å²) in [6.45, 7) is 5.10. The van der Waals surface area contributed by atoms with Crippen LogP contribution in [0, 0.1) is 0 Å². The molecule has 146 valence electrons. The number of hydrogen-bond donors (Lipinski definition) is 1. The number of carbonyl (C=O) groups excluding carboxylic acids is 1. The standard InChI is InChI=1S/C17H24F3N3O3/c1-14(2,3)26-13(24)22-15-9-16(10-15,11-15)23-8-12(7-21-23)5-4-6-25-17(18,19)20/h7-8H,4-6,9-11H2,1-3H3,(H,22,24). The van der Waals surface area contributed by atoms with Crippen LogP contribution in [0.1, 0.15) is 52.0 Å². The number of nitrogens with zero attached hydrogens (tertiary/aromatic N) is 2. The molecule has 0 spiro atoms. The first-order chi connectivity index (χ1) is 11.9. The van der Waals surface area contributed by atoms with Crippen LogP contribution in [0.4, 0.5) is 18.0 Å². The molecule has 4 rings (SSSR count). The predicted molar refractivity (Wildman–Crippen MR) is 86.5 cm³/mol. The van der Waals surface area contributed by atoms with Gasteiger partial charge in [-0.15, -0.1) is 13.2 Å². The zero-order chi connectivity index (χ0) is 19.2. The van der Waals surface area contributed by atoms with Crippen LogP contribution in [-0.2, 0) is 21.4 Å². The molecular formula is C17H24F3N3O3. The molecular weight excluding hydrogens is 351 g/mol. The maximum Gasteiger partial charge on any atom is 0.522 e. The maximum atomic E-state index is 11.9. The minimum absolute atomic E-state index is 0.0876. The number of rotatable bonds is 6. The van der Waals surface area contributed by atoms with Crippen LogP contribution >= 0.6 is 0 Å². The Labute approximate surface area is 150 Å². The largest absolute Gasteiger partial charge is 0.522 e. The van der Waals surface area contributed by atoms with Crippen molar-refractivity contribution in [2.24, 2.45) is 0 Å². The molecule has 0 atom stereocenters. The molecule has 0 unspecified atom stereocenters. The highest BCUT2D eigenvalue weighted by Crippen LogP contribution is 2.65. The first-order valence-electron chi connectivity index (χ1n) is 8.66. The molecule has 6 nitrogen and oxygen atoms in total. The van der Waals surface area contributed by atoms with Gasteiger partial charge in [0.1, 0.15) is 5.60 Å². The molecule has 3 saturated carbocycles. The molecule has 0 aliphatic heterocycles. The highest BCUT2D eigenvalue weighted by Gasteiger charge is 2.70. The van der Waals surface area contributed by atoms with Gasteiger partial charge >= 0.3 is 12.5 Å². The zero-order valence-electron chi connectivity index (χ0n) is 15.2. The molecule has 3 aliphatic carbocycles. The first kappa shape index (κ1) is 19.0. The highest BCUT2D eigenvalue weighted by molar-refractivity contribution is 5.70. The van der Waals surface area contributed by atoms with E-state index in [-0.39, 0.29) is 24.1 Å². The van der Waals surface area contributed by atoms with Crippen molar-refractivity contribution in [3.63, 3.8) is 0 Å². The van der Waals surface area contributed by atoms with E-state index in [1.807, 2.05) is 31.6 Å². The van der Waals surface area contributed by atoms with Gasteiger partial charge in [0.25, 0.3) is 0 Å². The third kappa shape index (κ3) is 4.13. The number of ether oxygens (including phenoxy) is 2. The molecule has 9 heteroatoms. The first-order valence-corrected chi connectivity index (χ1v) is 8.66. The minimum atomic E-state index is -4.58. The Bertz CT molecular complexity index is 659. The summed E-state index contributed by atoms with van der Waals surface area (Å²) in [7, 11) is 0. The van der Waals surface area contributed by atoms with E-state index in [9.17, 15) is 18.0 Å². The van der Waals surface area contributed by atoms with Crippen LogP contribution in [-0.4, -0.2) is 40.0 Å². The zero-order valence-corrected chi connectivity index (χ0v) is 15.2. The minimum Gasteiger partial charge on any atom is -0.444 e. The van der Waals surface area contributed by atoms with Crippen molar-refractivity contribution < 1.29 is 27.4 Å². The van der Waals surface area contributed by atoms with Gasteiger partial charge in [0.05, 0.1) is 23.9 Å². The fraction of sp³-hybridized carbons (Fsp3) is 0.765. The Morgan fingerprint density at radius 1 is 1.31 bits per heavy atom. The normalized spacial score (nSPS) is 27.5. The van der Waals surface area contributed by atoms with Gasteiger partial charge in [-0.2, -0.15) is 5.10 Å². The Kier molecular flexibility index (Phi) is 4.49. The van der Waals surface area contributed by atoms with Crippen molar-refractivity contribution in [1.29, 1.82) is 0 Å². The Hall–Kier alpha value is -1.77. The number of hydrogen-bond acceptors (Lipinski definition) is 4. The van der Waals surface area contributed by atoms with Crippen LogP contribution in [0.5, 0.6) is 0 Å². The van der Waals surface area contributed by atoms with E-state index in [4.69, 9.17) is 4.74 Å². The van der Waals surface area contributed by atoms with Crippen LogP contribution in [0.25, 0.3) is 0 Å². The fourth-order valence-corrected chi connectivity index (χ4v) is 3.84. The van der Waals surface area contributed by atoms with Gasteiger partial charge in [-0.3, -0.25) is 9.42 Å². The molecule has 1 aromatic heterocycles. The molecule has 1 heterocycles. The number of aromatic nitrogens is 2. The summed E-state index contributed by atoms with van der Waals surface area (Å²) in [5.41, 5.74) is 0.0533. The summed E-state index contributed by atoms with van der Waals surface area (Å²) < 4.78 is 46.8. The lowest BCUT2D eigenvalue weighted by Crippen LogP contribution is -2.79. The van der Waals surface area contributed by atoms with E-state index in [1.54, 1.807) is 6.20 Å². The number of alkyl halides is 3. The smallest absolute Gasteiger partial charge is 0.444 e. The summed E-state index contributed by atoms with van der Waals surface area (Å²) in [6.07, 6.45) is 1.71. The average molecular weight is 375 g/mol. The van der Waals surface area contributed by atoms with Gasteiger partial charge in [-0.1, -0.05) is 0 Å². The maximum absolute atomic E-state index is 11.9. The number of amides is 1. The number of carbonyl (C=O) groups is 1. The molecule has 1 aromatic rings. The van der Waals surface area contributed by atoms with Crippen LogP contribution in [0.15, 0.2) is 12.4 Å². The van der Waals surface area contributed by atoms with E-state index in [2.05, 4.69) is 15.2 Å². The second-order valence-electron chi connectivity index (χ2n) is 8.35. The molecule has 1 N–H and O–H groups in total. The molecule has 2 bridgehead atoms. The van der Waals surface area contributed by atoms with E-state index >= 15 is 0 Å². The molecule has 1 amide bonds. The lowest BCUT2D eigenvalue weighted by atomic mass is 9.44. The predicted octanol–water partition coefficient (Wildman–Crippen LogP) is 3.51. The van der Waals surface area contributed by atoms with Gasteiger partial charge in [-0.25, -0.2) is 4.79 Å². The Balaban J connectivity index is 1.44. The van der Waals surface area contributed by atoms with Gasteiger partial charge < -0.3 is 10.1 Å². The summed E-state index contributed by atoms with van der Waals surface area (Å²) in [6, 6.07) is 0. The topological polar surface area (TPSA) is 65.4 Å². The van der Waals surface area contributed by atoms with Crippen molar-refractivity contribution in [1.82, 2.24) is 15.1 Å². The van der Waals surface area contributed by atoms with Crippen LogP contribution in [0.2, 0.25) is 0 Å². The number of alkyl carbamates (subject to hydrolysis) is 1. The van der Waals surface area contributed by atoms with Crippen molar-refractivity contribution in [3.05, 3.63) is 18.0 Å². The quantitative estimate of drug-likeness (QED) is 0.773. The Morgan fingerprint density at radius 2 is 1.96 bits per heavy atom. The summed E-state index contributed by atoms with van der Waals surface area (Å²) in [4.78, 5) is 11.9. The third-order valence-corrected chi connectivity index (χ3v) is 4.77. The van der Waals surface area contributed by atoms with Gasteiger partial charge in [0.15, 0.2) is 0 Å². The van der Waals surface area contributed by atoms with Crippen molar-refractivity contribution in [2.75, 3.05) is 6.61 Å². The fourth-order valence-electron chi connectivity index (χ4n) is 3.84. The third-order valence-electron chi connectivity index (χ3n) is 4.77. The molecule has 0 saturated heterocycles. The monoisotopic (exact) mass is 375 g/mol. The average Bonchev–Trinajstić information content (AvgIpc) is 2.82. The summed E-state index contributed by atoms with van der Waals surface area (Å²) in [5, 5.41) is 7.30. The van der Waals surface area contributed by atoms with Crippen LogP contribution < -0.4 is 5.32 Å². The number of halogens is 3. The molecule has 3 aliphatic rings. The van der Waals surface area contributed by atoms with Gasteiger partial charge in [-0.05, 0) is 58.4 Å². The molecule has 3 fully saturated rings. The van der Waals surface area contributed by atoms with E-state index in [0.717, 1.165) is 24.8 Å². The summed E-state index contributed by atoms with van der Waals surface area (Å²) in [5.74, 6) is 0. The highest BCUT2D eigenvalue weighted by atomic mass is 19.4. The van der Waals surface area contributed by atoms with E-state index in [0.29, 0.717) is 6.42 Å². The SMILES string of the molecule is CC(C)(C)OC(=O)NC12CC(n3cc(CCCOC(F)(F)F)cn3)(C1)C2.